The summed E-state index contributed by atoms with van der Waals surface area (Å²) < 4.78 is 20.1. The van der Waals surface area contributed by atoms with E-state index in [0.29, 0.717) is 28.7 Å². The molecule has 0 radical (unpaired) electrons. The summed E-state index contributed by atoms with van der Waals surface area (Å²) in [6, 6.07) is 9.26. The van der Waals surface area contributed by atoms with Crippen LogP contribution in [0.1, 0.15) is 13.8 Å². The Morgan fingerprint density at radius 1 is 1.17 bits per heavy atom. The van der Waals surface area contributed by atoms with Gasteiger partial charge in [0, 0.05) is 17.7 Å². The lowest BCUT2D eigenvalue weighted by molar-refractivity contribution is 0.432. The molecule has 4 rings (SSSR count). The standard InChI is InChI=1S/C20H16ClFN4O3/c1-10(2)9-26-16-6-4-11(8-15(16)23-18(27)20(26)28)17-24-19(29-25-17)12-3-5-14(22)13(21)7-12/h3-8,10H,9H2,1-2H3,(H,23,27). The third-order valence-corrected chi connectivity index (χ3v) is 4.66. The van der Waals surface area contributed by atoms with Crippen molar-refractivity contribution in [3.05, 3.63) is 67.9 Å². The second-order valence-electron chi connectivity index (χ2n) is 7.05. The van der Waals surface area contributed by atoms with Gasteiger partial charge in [-0.3, -0.25) is 9.59 Å². The van der Waals surface area contributed by atoms with E-state index in [2.05, 4.69) is 15.1 Å². The van der Waals surface area contributed by atoms with E-state index >= 15 is 0 Å². The third kappa shape index (κ3) is 3.58. The maximum Gasteiger partial charge on any atom is 0.316 e. The molecule has 0 bridgehead atoms. The van der Waals surface area contributed by atoms with Gasteiger partial charge in [0.15, 0.2) is 0 Å². The molecule has 0 aliphatic carbocycles. The number of benzene rings is 2. The van der Waals surface area contributed by atoms with Crippen LogP contribution in [-0.4, -0.2) is 19.7 Å². The molecule has 2 aromatic carbocycles. The molecule has 0 fully saturated rings. The van der Waals surface area contributed by atoms with Crippen LogP contribution < -0.4 is 11.1 Å². The van der Waals surface area contributed by atoms with Crippen molar-refractivity contribution in [1.29, 1.82) is 0 Å². The van der Waals surface area contributed by atoms with Crippen molar-refractivity contribution in [3.8, 4) is 22.8 Å². The highest BCUT2D eigenvalue weighted by atomic mass is 35.5. The molecule has 1 N–H and O–H groups in total. The molecule has 0 aliphatic rings. The highest BCUT2D eigenvalue weighted by Gasteiger charge is 2.15. The van der Waals surface area contributed by atoms with Crippen LogP contribution >= 0.6 is 11.6 Å². The second-order valence-corrected chi connectivity index (χ2v) is 7.45. The first-order chi connectivity index (χ1) is 13.8. The van der Waals surface area contributed by atoms with Gasteiger partial charge in [0.2, 0.25) is 5.82 Å². The predicted octanol–water partition coefficient (Wildman–Crippen LogP) is 3.86. The Labute approximate surface area is 168 Å². The molecular weight excluding hydrogens is 399 g/mol. The molecular formula is C20H16ClFN4O3. The Bertz CT molecular complexity index is 1340. The molecule has 0 amide bonds. The second kappa shape index (κ2) is 7.29. The Kier molecular flexibility index (Phi) is 4.79. The van der Waals surface area contributed by atoms with Gasteiger partial charge >= 0.3 is 11.1 Å². The van der Waals surface area contributed by atoms with Crippen LogP contribution in [0.25, 0.3) is 33.9 Å². The zero-order valence-electron chi connectivity index (χ0n) is 15.6. The highest BCUT2D eigenvalue weighted by molar-refractivity contribution is 6.31. The van der Waals surface area contributed by atoms with Crippen molar-refractivity contribution < 1.29 is 8.91 Å². The molecule has 0 atom stereocenters. The van der Waals surface area contributed by atoms with Gasteiger partial charge in [-0.1, -0.05) is 30.6 Å². The lowest BCUT2D eigenvalue weighted by atomic mass is 10.1. The van der Waals surface area contributed by atoms with Crippen molar-refractivity contribution in [2.45, 2.75) is 20.4 Å². The van der Waals surface area contributed by atoms with Crippen LogP contribution in [0.5, 0.6) is 0 Å². The van der Waals surface area contributed by atoms with Crippen molar-refractivity contribution >= 4 is 22.6 Å². The lowest BCUT2D eigenvalue weighted by Gasteiger charge is -2.12. The fraction of sp³-hybridized carbons (Fsp3) is 0.200. The number of halogens is 2. The van der Waals surface area contributed by atoms with E-state index in [1.807, 2.05) is 13.8 Å². The normalized spacial score (nSPS) is 11.5. The van der Waals surface area contributed by atoms with Crippen LogP contribution in [0.3, 0.4) is 0 Å². The number of aromatic amines is 1. The van der Waals surface area contributed by atoms with E-state index < -0.39 is 16.9 Å². The molecule has 0 saturated heterocycles. The predicted molar refractivity (Wildman–Crippen MR) is 107 cm³/mol. The van der Waals surface area contributed by atoms with E-state index in [0.717, 1.165) is 0 Å². The molecule has 0 saturated carbocycles. The molecule has 0 unspecified atom stereocenters. The van der Waals surface area contributed by atoms with E-state index in [-0.39, 0.29) is 22.7 Å². The first-order valence-electron chi connectivity index (χ1n) is 8.90. The SMILES string of the molecule is CC(C)Cn1c(=O)c(=O)[nH]c2cc(-c3noc(-c4ccc(F)c(Cl)c4)n3)ccc21. The molecule has 4 aromatic rings. The van der Waals surface area contributed by atoms with Crippen molar-refractivity contribution in [2.75, 3.05) is 0 Å². The van der Waals surface area contributed by atoms with Gasteiger partial charge in [0.25, 0.3) is 5.89 Å². The summed E-state index contributed by atoms with van der Waals surface area (Å²) in [5.41, 5.74) is 0.894. The molecule has 7 nitrogen and oxygen atoms in total. The molecule has 29 heavy (non-hydrogen) atoms. The van der Waals surface area contributed by atoms with Crippen molar-refractivity contribution in [1.82, 2.24) is 19.7 Å². The number of nitrogens with zero attached hydrogens (tertiary/aromatic N) is 3. The first-order valence-corrected chi connectivity index (χ1v) is 9.27. The summed E-state index contributed by atoms with van der Waals surface area (Å²) in [7, 11) is 0. The van der Waals surface area contributed by atoms with Crippen molar-refractivity contribution in [2.24, 2.45) is 5.92 Å². The van der Waals surface area contributed by atoms with E-state index in [1.54, 1.807) is 18.2 Å². The molecule has 0 aliphatic heterocycles. The van der Waals surface area contributed by atoms with Gasteiger partial charge in [-0.05, 0) is 42.3 Å². The first kappa shape index (κ1) is 19.1. The van der Waals surface area contributed by atoms with E-state index in [9.17, 15) is 14.0 Å². The smallest absolute Gasteiger partial charge is 0.316 e. The minimum atomic E-state index is -0.690. The highest BCUT2D eigenvalue weighted by Crippen LogP contribution is 2.27. The number of rotatable bonds is 4. The van der Waals surface area contributed by atoms with Gasteiger partial charge in [-0.15, -0.1) is 0 Å². The summed E-state index contributed by atoms with van der Waals surface area (Å²) >= 11 is 5.80. The number of fused-ring (bicyclic) bond motifs is 1. The Balaban J connectivity index is 1.78. The average molecular weight is 415 g/mol. The summed E-state index contributed by atoms with van der Waals surface area (Å²) in [6.07, 6.45) is 0. The minimum Gasteiger partial charge on any atom is -0.334 e. The number of hydrogen-bond acceptors (Lipinski definition) is 5. The van der Waals surface area contributed by atoms with Crippen molar-refractivity contribution in [3.63, 3.8) is 0 Å². The van der Waals surface area contributed by atoms with Crippen LogP contribution in [0.2, 0.25) is 5.02 Å². The van der Waals surface area contributed by atoms with E-state index in [1.165, 1.54) is 22.8 Å². The van der Waals surface area contributed by atoms with Gasteiger partial charge in [0.05, 0.1) is 16.1 Å². The quantitative estimate of drug-likeness (QED) is 0.512. The van der Waals surface area contributed by atoms with Crippen LogP contribution in [0.15, 0.2) is 50.5 Å². The number of nitrogens with one attached hydrogen (secondary N) is 1. The fourth-order valence-electron chi connectivity index (χ4n) is 3.05. The van der Waals surface area contributed by atoms with Crippen LogP contribution in [-0.2, 0) is 6.54 Å². The molecule has 148 valence electrons. The fourth-order valence-corrected chi connectivity index (χ4v) is 3.23. The van der Waals surface area contributed by atoms with E-state index in [4.69, 9.17) is 16.1 Å². The largest absolute Gasteiger partial charge is 0.334 e. The van der Waals surface area contributed by atoms with Crippen LogP contribution in [0, 0.1) is 11.7 Å². The maximum atomic E-state index is 13.4. The number of hydrogen-bond donors (Lipinski definition) is 1. The summed E-state index contributed by atoms with van der Waals surface area (Å²) in [4.78, 5) is 31.2. The zero-order chi connectivity index (χ0) is 20.7. The molecule has 9 heteroatoms. The lowest BCUT2D eigenvalue weighted by Crippen LogP contribution is -2.37. The summed E-state index contributed by atoms with van der Waals surface area (Å²) in [5, 5.41) is 3.90. The molecule has 2 heterocycles. The summed E-state index contributed by atoms with van der Waals surface area (Å²) in [5.74, 6) is 0.117. The van der Waals surface area contributed by atoms with Gasteiger partial charge in [0.1, 0.15) is 5.82 Å². The molecule has 0 spiro atoms. The maximum absolute atomic E-state index is 13.4. The number of aromatic nitrogens is 4. The number of H-pyrrole nitrogens is 1. The van der Waals surface area contributed by atoms with Gasteiger partial charge in [-0.2, -0.15) is 4.98 Å². The minimum absolute atomic E-state index is 0.0475. The zero-order valence-corrected chi connectivity index (χ0v) is 16.3. The summed E-state index contributed by atoms with van der Waals surface area (Å²) in [6.45, 7) is 4.36. The monoisotopic (exact) mass is 414 g/mol. The average Bonchev–Trinajstić information content (AvgIpc) is 3.17. The van der Waals surface area contributed by atoms with Crippen LogP contribution in [0.4, 0.5) is 4.39 Å². The third-order valence-electron chi connectivity index (χ3n) is 4.37. The Morgan fingerprint density at radius 3 is 2.66 bits per heavy atom. The van der Waals surface area contributed by atoms with Gasteiger partial charge in [-0.25, -0.2) is 4.39 Å². The Morgan fingerprint density at radius 2 is 1.93 bits per heavy atom. The van der Waals surface area contributed by atoms with Gasteiger partial charge < -0.3 is 14.1 Å². The topological polar surface area (TPSA) is 93.8 Å². The Hall–Kier alpha value is -3.26. The molecule has 2 aromatic heterocycles.